The fourth-order valence-electron chi connectivity index (χ4n) is 1.35. The Morgan fingerprint density at radius 2 is 1.79 bits per heavy atom. The van der Waals surface area contributed by atoms with Gasteiger partial charge in [0.15, 0.2) is 0 Å². The van der Waals surface area contributed by atoms with Gasteiger partial charge in [-0.3, -0.25) is 0 Å². The van der Waals surface area contributed by atoms with E-state index in [1.807, 2.05) is 6.92 Å². The van der Waals surface area contributed by atoms with Crippen LogP contribution in [0, 0.1) is 0 Å². The highest BCUT2D eigenvalue weighted by Gasteiger charge is 1.97. The van der Waals surface area contributed by atoms with E-state index in [4.69, 9.17) is 16.3 Å². The predicted molar refractivity (Wildman–Crippen MR) is 63.2 cm³/mol. The topological polar surface area (TPSA) is 12.5 Å². The molecule has 0 spiro atoms. The summed E-state index contributed by atoms with van der Waals surface area (Å²) in [6, 6.07) is 0. The largest absolute Gasteiger partial charge is 0.382 e. The number of hydrogen-bond donors (Lipinski definition) is 0. The van der Waals surface area contributed by atoms with Gasteiger partial charge in [0.1, 0.15) is 0 Å². The van der Waals surface area contributed by atoms with Crippen LogP contribution in [-0.2, 0) is 4.74 Å². The molecule has 0 rings (SSSR count). The maximum Gasteiger partial charge on any atom is 0.0478 e. The molecule has 0 aromatic carbocycles. The maximum atomic E-state index is 5.61. The molecule has 86 valence electrons. The lowest BCUT2D eigenvalue weighted by Crippen LogP contribution is -2.22. The van der Waals surface area contributed by atoms with Crippen LogP contribution in [0.3, 0.4) is 0 Å². The zero-order chi connectivity index (χ0) is 10.6. The quantitative estimate of drug-likeness (QED) is 0.416. The molecule has 0 N–H and O–H groups in total. The zero-order valence-electron chi connectivity index (χ0n) is 9.60. The molecule has 0 aliphatic carbocycles. The van der Waals surface area contributed by atoms with Gasteiger partial charge in [-0.1, -0.05) is 6.42 Å². The third-order valence-corrected chi connectivity index (χ3v) is 2.47. The van der Waals surface area contributed by atoms with Gasteiger partial charge in [-0.25, -0.2) is 0 Å². The monoisotopic (exact) mass is 221 g/mol. The molecule has 0 aliphatic rings. The van der Waals surface area contributed by atoms with Crippen LogP contribution >= 0.6 is 11.6 Å². The second-order valence-corrected chi connectivity index (χ2v) is 3.98. The summed E-state index contributed by atoms with van der Waals surface area (Å²) in [7, 11) is 2.17. The molecule has 0 aliphatic heterocycles. The second kappa shape index (κ2) is 11.3. The maximum absolute atomic E-state index is 5.61. The third kappa shape index (κ3) is 10.3. The van der Waals surface area contributed by atoms with Gasteiger partial charge in [-0.2, -0.15) is 0 Å². The average Bonchev–Trinajstić information content (AvgIpc) is 2.19. The summed E-state index contributed by atoms with van der Waals surface area (Å²) in [5, 5.41) is 0. The Balaban J connectivity index is 3.07. The van der Waals surface area contributed by atoms with Gasteiger partial charge in [-0.15, -0.1) is 11.6 Å². The molecule has 0 atom stereocenters. The Morgan fingerprint density at radius 3 is 2.43 bits per heavy atom. The van der Waals surface area contributed by atoms with Gasteiger partial charge >= 0.3 is 0 Å². The molecule has 0 radical (unpaired) electrons. The van der Waals surface area contributed by atoms with Gasteiger partial charge in [0.2, 0.25) is 0 Å². The minimum Gasteiger partial charge on any atom is -0.382 e. The minimum atomic E-state index is 0.800. The Bertz CT molecular complexity index is 99.5. The first kappa shape index (κ1) is 14.2. The van der Waals surface area contributed by atoms with E-state index < -0.39 is 0 Å². The molecular formula is C11H24ClNO. The predicted octanol–water partition coefficient (Wildman–Crippen LogP) is 2.75. The molecule has 0 saturated carbocycles. The molecule has 0 unspecified atom stereocenters. The van der Waals surface area contributed by atoms with E-state index in [2.05, 4.69) is 11.9 Å². The number of nitrogens with zero attached hydrogens (tertiary/aromatic N) is 1. The molecule has 14 heavy (non-hydrogen) atoms. The first-order valence-corrected chi connectivity index (χ1v) is 6.17. The van der Waals surface area contributed by atoms with Crippen molar-refractivity contribution >= 4 is 11.6 Å². The third-order valence-electron chi connectivity index (χ3n) is 2.21. The van der Waals surface area contributed by atoms with Gasteiger partial charge in [0.25, 0.3) is 0 Å². The smallest absolute Gasteiger partial charge is 0.0478 e. The van der Waals surface area contributed by atoms with Crippen molar-refractivity contribution in [2.45, 2.75) is 32.6 Å². The molecule has 0 heterocycles. The van der Waals surface area contributed by atoms with Crippen LogP contribution in [0.1, 0.15) is 32.6 Å². The number of rotatable bonds is 10. The lowest BCUT2D eigenvalue weighted by atomic mass is 10.2. The van der Waals surface area contributed by atoms with Crippen molar-refractivity contribution in [2.75, 3.05) is 39.2 Å². The van der Waals surface area contributed by atoms with Crippen molar-refractivity contribution in [3.8, 4) is 0 Å². The van der Waals surface area contributed by atoms with Crippen molar-refractivity contribution in [3.05, 3.63) is 0 Å². The second-order valence-electron chi connectivity index (χ2n) is 3.60. The summed E-state index contributed by atoms with van der Waals surface area (Å²) in [6.45, 7) is 6.09. The summed E-state index contributed by atoms with van der Waals surface area (Å²) in [4.78, 5) is 2.37. The first-order valence-electron chi connectivity index (χ1n) is 5.63. The van der Waals surface area contributed by atoms with Crippen LogP contribution < -0.4 is 0 Å². The van der Waals surface area contributed by atoms with Crippen LogP contribution in [0.4, 0.5) is 0 Å². The fourth-order valence-corrected chi connectivity index (χ4v) is 1.53. The summed E-state index contributed by atoms with van der Waals surface area (Å²) < 4.78 is 5.28. The van der Waals surface area contributed by atoms with Gasteiger partial charge < -0.3 is 9.64 Å². The molecule has 0 bridgehead atoms. The molecular weight excluding hydrogens is 198 g/mol. The van der Waals surface area contributed by atoms with Gasteiger partial charge in [-0.05, 0) is 39.8 Å². The van der Waals surface area contributed by atoms with Crippen molar-refractivity contribution in [1.82, 2.24) is 4.90 Å². The fraction of sp³-hybridized carbons (Fsp3) is 1.00. The van der Waals surface area contributed by atoms with E-state index in [-0.39, 0.29) is 0 Å². The van der Waals surface area contributed by atoms with Crippen LogP contribution in [-0.4, -0.2) is 44.1 Å². The van der Waals surface area contributed by atoms with Crippen LogP contribution in [0.15, 0.2) is 0 Å². The van der Waals surface area contributed by atoms with Gasteiger partial charge in [0.05, 0.1) is 0 Å². The Hall–Kier alpha value is 0.210. The van der Waals surface area contributed by atoms with E-state index in [9.17, 15) is 0 Å². The van der Waals surface area contributed by atoms with Crippen molar-refractivity contribution in [3.63, 3.8) is 0 Å². The highest BCUT2D eigenvalue weighted by atomic mass is 35.5. The zero-order valence-corrected chi connectivity index (χ0v) is 10.4. The van der Waals surface area contributed by atoms with Crippen LogP contribution in [0.5, 0.6) is 0 Å². The number of ether oxygens (including phenoxy) is 1. The Labute approximate surface area is 93.6 Å². The normalized spacial score (nSPS) is 11.1. The van der Waals surface area contributed by atoms with Crippen molar-refractivity contribution in [2.24, 2.45) is 0 Å². The number of halogens is 1. The lowest BCUT2D eigenvalue weighted by Gasteiger charge is -2.15. The van der Waals surface area contributed by atoms with Crippen molar-refractivity contribution < 1.29 is 4.74 Å². The summed E-state index contributed by atoms with van der Waals surface area (Å²) >= 11 is 5.61. The van der Waals surface area contributed by atoms with E-state index in [0.717, 1.165) is 38.5 Å². The van der Waals surface area contributed by atoms with E-state index in [1.54, 1.807) is 0 Å². The molecule has 2 nitrogen and oxygen atoms in total. The van der Waals surface area contributed by atoms with Gasteiger partial charge in [0, 0.05) is 25.6 Å². The molecule has 0 aromatic heterocycles. The highest BCUT2D eigenvalue weighted by molar-refractivity contribution is 6.17. The van der Waals surface area contributed by atoms with E-state index >= 15 is 0 Å². The van der Waals surface area contributed by atoms with Crippen LogP contribution in [0.25, 0.3) is 0 Å². The molecule has 0 amide bonds. The number of hydrogen-bond acceptors (Lipinski definition) is 2. The van der Waals surface area contributed by atoms with E-state index in [1.165, 1.54) is 19.4 Å². The van der Waals surface area contributed by atoms with E-state index in [0.29, 0.717) is 0 Å². The Morgan fingerprint density at radius 1 is 1.07 bits per heavy atom. The minimum absolute atomic E-state index is 0.800. The molecule has 0 aromatic rings. The lowest BCUT2D eigenvalue weighted by molar-refractivity contribution is 0.135. The Kier molecular flexibility index (Phi) is 11.5. The highest BCUT2D eigenvalue weighted by Crippen LogP contribution is 1.99. The SMILES string of the molecule is CCOCCCN(C)CCCCCCl. The number of unbranched alkanes of at least 4 members (excludes halogenated alkanes) is 2. The summed E-state index contributed by atoms with van der Waals surface area (Å²) in [5.41, 5.74) is 0. The molecule has 0 saturated heterocycles. The molecule has 3 heteroatoms. The first-order chi connectivity index (χ1) is 6.81. The standard InChI is InChI=1S/C11H24ClNO/c1-3-14-11-7-10-13(2)9-6-4-5-8-12/h3-11H2,1-2H3. The molecule has 0 fully saturated rings. The average molecular weight is 222 g/mol. The summed E-state index contributed by atoms with van der Waals surface area (Å²) in [5.74, 6) is 0.800. The van der Waals surface area contributed by atoms with Crippen LogP contribution in [0.2, 0.25) is 0 Å². The number of alkyl halides is 1. The van der Waals surface area contributed by atoms with Crippen molar-refractivity contribution in [1.29, 1.82) is 0 Å². The summed E-state index contributed by atoms with van der Waals surface area (Å²) in [6.07, 6.45) is 4.80.